The number of nitrogens with one attached hydrogen (secondary N) is 1. The number of ether oxygens (including phenoxy) is 1. The van der Waals surface area contributed by atoms with Crippen molar-refractivity contribution in [1.82, 2.24) is 5.32 Å². The number of carbonyl (C=O) groups excluding carboxylic acids is 1. The van der Waals surface area contributed by atoms with E-state index in [2.05, 4.69) is 48.1 Å². The number of rotatable bonds is 4. The molecule has 1 saturated heterocycles. The molecule has 2 heterocycles. The number of benzene rings is 1. The van der Waals surface area contributed by atoms with Gasteiger partial charge in [0.25, 0.3) is 0 Å². The van der Waals surface area contributed by atoms with Crippen LogP contribution >= 0.6 is 38.9 Å². The van der Waals surface area contributed by atoms with Crippen molar-refractivity contribution in [2.75, 3.05) is 0 Å². The maximum Gasteiger partial charge on any atom is 0.324 e. The lowest BCUT2D eigenvalue weighted by Crippen LogP contribution is -2.44. The molecule has 2 aromatic rings. The molecule has 1 aromatic carbocycles. The minimum atomic E-state index is -1.35. The zero-order chi connectivity index (χ0) is 24.8. The van der Waals surface area contributed by atoms with Crippen molar-refractivity contribution < 1.29 is 13.9 Å². The Morgan fingerprint density at radius 1 is 1.30 bits per heavy atom. The summed E-state index contributed by atoms with van der Waals surface area (Å²) >= 11 is 11.0. The van der Waals surface area contributed by atoms with Crippen LogP contribution in [0.3, 0.4) is 0 Å². The molecule has 4 atom stereocenters. The Hall–Kier alpha value is -1.46. The van der Waals surface area contributed by atoms with E-state index in [0.717, 1.165) is 9.35 Å². The number of nitrogens with zero attached hydrogens (tertiary/aromatic N) is 1. The van der Waals surface area contributed by atoms with Crippen molar-refractivity contribution in [3.05, 3.63) is 55.4 Å². The summed E-state index contributed by atoms with van der Waals surface area (Å²) in [5, 5.41) is 16.3. The molecule has 0 saturated carbocycles. The minimum absolute atomic E-state index is 0.188. The quantitative estimate of drug-likeness (QED) is 0.414. The number of thiophene rings is 1. The molecular formula is C25H29BrClFN2O2S. The second kappa shape index (κ2) is 9.30. The summed E-state index contributed by atoms with van der Waals surface area (Å²) in [7, 11) is 0. The first-order valence-corrected chi connectivity index (χ1v) is 12.8. The van der Waals surface area contributed by atoms with Crippen molar-refractivity contribution in [2.45, 2.75) is 77.0 Å². The van der Waals surface area contributed by atoms with E-state index in [4.69, 9.17) is 16.3 Å². The van der Waals surface area contributed by atoms with Crippen LogP contribution in [0.5, 0.6) is 0 Å². The molecule has 178 valence electrons. The SMILES string of the molecule is CC(C)(C)C[C@@H]1N[C@@H](C(=O)OC(C)(C)C)[C@H](c2cc(Br)cs2)[C@@]1(C#N)c1ccc(Cl)cc1F. The molecule has 1 aliphatic rings. The molecule has 0 unspecified atom stereocenters. The van der Waals surface area contributed by atoms with E-state index in [1.165, 1.54) is 17.4 Å². The number of hydrogen-bond acceptors (Lipinski definition) is 5. The number of esters is 1. The van der Waals surface area contributed by atoms with Gasteiger partial charge in [-0.15, -0.1) is 11.3 Å². The molecule has 33 heavy (non-hydrogen) atoms. The van der Waals surface area contributed by atoms with E-state index in [9.17, 15) is 10.1 Å². The predicted molar refractivity (Wildman–Crippen MR) is 134 cm³/mol. The first kappa shape index (κ1) is 26.2. The summed E-state index contributed by atoms with van der Waals surface area (Å²) < 4.78 is 22.0. The highest BCUT2D eigenvalue weighted by molar-refractivity contribution is 9.10. The molecule has 1 N–H and O–H groups in total. The van der Waals surface area contributed by atoms with Crippen LogP contribution in [0.25, 0.3) is 0 Å². The number of carbonyl (C=O) groups is 1. The summed E-state index contributed by atoms with van der Waals surface area (Å²) in [4.78, 5) is 14.2. The van der Waals surface area contributed by atoms with Crippen molar-refractivity contribution in [3.8, 4) is 6.07 Å². The van der Waals surface area contributed by atoms with Gasteiger partial charge in [0.15, 0.2) is 0 Å². The summed E-state index contributed by atoms with van der Waals surface area (Å²) in [5.41, 5.74) is -2.01. The van der Waals surface area contributed by atoms with Gasteiger partial charge in [-0.3, -0.25) is 10.1 Å². The Labute approximate surface area is 212 Å². The Bertz CT molecular complexity index is 1090. The van der Waals surface area contributed by atoms with Gasteiger partial charge >= 0.3 is 5.97 Å². The van der Waals surface area contributed by atoms with Crippen LogP contribution in [-0.2, 0) is 14.9 Å². The highest BCUT2D eigenvalue weighted by atomic mass is 79.9. The van der Waals surface area contributed by atoms with Gasteiger partial charge in [0, 0.05) is 37.3 Å². The largest absolute Gasteiger partial charge is 0.459 e. The number of nitriles is 1. The molecule has 1 aliphatic heterocycles. The molecule has 0 radical (unpaired) electrons. The maximum absolute atomic E-state index is 15.4. The van der Waals surface area contributed by atoms with E-state index in [-0.39, 0.29) is 16.0 Å². The second-order valence-electron chi connectivity index (χ2n) is 10.7. The van der Waals surface area contributed by atoms with Crippen LogP contribution in [0.1, 0.15) is 64.3 Å². The normalized spacial score (nSPS) is 25.6. The molecule has 0 aliphatic carbocycles. The maximum atomic E-state index is 15.4. The molecule has 8 heteroatoms. The van der Waals surface area contributed by atoms with Crippen molar-refractivity contribution in [3.63, 3.8) is 0 Å². The predicted octanol–water partition coefficient (Wildman–Crippen LogP) is 6.97. The first-order chi connectivity index (χ1) is 15.2. The van der Waals surface area contributed by atoms with E-state index >= 15 is 4.39 Å². The molecule has 0 bridgehead atoms. The van der Waals surface area contributed by atoms with Crippen LogP contribution in [0, 0.1) is 22.6 Å². The van der Waals surface area contributed by atoms with Crippen molar-refractivity contribution in [2.24, 2.45) is 5.41 Å². The molecule has 4 nitrogen and oxygen atoms in total. The first-order valence-electron chi connectivity index (χ1n) is 10.8. The zero-order valence-corrected chi connectivity index (χ0v) is 22.8. The van der Waals surface area contributed by atoms with Crippen molar-refractivity contribution >= 4 is 44.8 Å². The Balaban J connectivity index is 2.29. The minimum Gasteiger partial charge on any atom is -0.459 e. The lowest BCUT2D eigenvalue weighted by molar-refractivity contribution is -0.157. The Morgan fingerprint density at radius 3 is 2.45 bits per heavy atom. The third kappa shape index (κ3) is 5.45. The monoisotopic (exact) mass is 554 g/mol. The number of hydrogen-bond donors (Lipinski definition) is 1. The molecule has 3 rings (SSSR count). The van der Waals surface area contributed by atoms with Gasteiger partial charge < -0.3 is 4.74 Å². The molecule has 0 amide bonds. The second-order valence-corrected chi connectivity index (χ2v) is 13.0. The molecule has 1 fully saturated rings. The summed E-state index contributed by atoms with van der Waals surface area (Å²) in [6.45, 7) is 11.6. The van der Waals surface area contributed by atoms with Gasteiger partial charge in [-0.2, -0.15) is 5.26 Å². The van der Waals surface area contributed by atoms with E-state index < -0.39 is 40.8 Å². The number of halogens is 3. The average molecular weight is 556 g/mol. The van der Waals surface area contributed by atoms with Crippen LogP contribution < -0.4 is 5.32 Å². The smallest absolute Gasteiger partial charge is 0.324 e. The van der Waals surface area contributed by atoms with Crippen LogP contribution in [0.15, 0.2) is 34.1 Å². The van der Waals surface area contributed by atoms with Crippen molar-refractivity contribution in [1.29, 1.82) is 5.26 Å². The summed E-state index contributed by atoms with van der Waals surface area (Å²) in [6.07, 6.45) is 0.547. The highest BCUT2D eigenvalue weighted by Crippen LogP contribution is 2.53. The Kier molecular flexibility index (Phi) is 7.37. The van der Waals surface area contributed by atoms with Gasteiger partial charge in [-0.05, 0) is 66.7 Å². The average Bonchev–Trinajstić information content (AvgIpc) is 3.20. The Morgan fingerprint density at radius 2 is 1.97 bits per heavy atom. The van der Waals surface area contributed by atoms with Crippen LogP contribution in [-0.4, -0.2) is 23.7 Å². The fourth-order valence-corrected chi connectivity index (χ4v) is 6.41. The van der Waals surface area contributed by atoms with Gasteiger partial charge in [-0.1, -0.05) is 38.4 Å². The molecule has 1 aromatic heterocycles. The van der Waals surface area contributed by atoms with Crippen LogP contribution in [0.2, 0.25) is 5.02 Å². The van der Waals surface area contributed by atoms with E-state index in [0.29, 0.717) is 6.42 Å². The summed E-state index contributed by atoms with van der Waals surface area (Å²) in [6, 6.07) is 7.44. The third-order valence-corrected chi connectivity index (χ3v) is 7.70. The van der Waals surface area contributed by atoms with Gasteiger partial charge in [0.05, 0.1) is 6.07 Å². The topological polar surface area (TPSA) is 62.1 Å². The standard InChI is InChI=1S/C25H29BrClFN2O2S/c1-23(2,3)11-19-25(13-29,16-8-7-15(27)10-17(16)28)20(18-9-14(26)12-33-18)21(30-19)22(31)32-24(4,5)6/h7-10,12,19-21,30H,11H2,1-6H3/t19-,20-,21+,25-/m0/s1. The molecular weight excluding hydrogens is 527 g/mol. The van der Waals surface area contributed by atoms with Gasteiger partial charge in [-0.25, -0.2) is 4.39 Å². The lowest BCUT2D eigenvalue weighted by Gasteiger charge is -2.37. The molecule has 0 spiro atoms. The fraction of sp³-hybridized carbons (Fsp3) is 0.520. The van der Waals surface area contributed by atoms with E-state index in [1.807, 2.05) is 11.4 Å². The highest BCUT2D eigenvalue weighted by Gasteiger charge is 2.61. The van der Waals surface area contributed by atoms with Gasteiger partial charge in [0.2, 0.25) is 0 Å². The zero-order valence-electron chi connectivity index (χ0n) is 19.6. The van der Waals surface area contributed by atoms with Gasteiger partial charge in [0.1, 0.15) is 22.9 Å². The lowest BCUT2D eigenvalue weighted by atomic mass is 9.64. The third-order valence-electron chi connectivity index (χ3n) is 5.69. The van der Waals surface area contributed by atoms with E-state index in [1.54, 1.807) is 32.9 Å². The fourth-order valence-electron chi connectivity index (χ4n) is 4.59. The summed E-state index contributed by atoms with van der Waals surface area (Å²) in [5.74, 6) is -1.67. The van der Waals surface area contributed by atoms with Crippen LogP contribution in [0.4, 0.5) is 4.39 Å².